The molecule has 0 bridgehead atoms. The monoisotopic (exact) mass is 581 g/mol. The summed E-state index contributed by atoms with van der Waals surface area (Å²) in [4.78, 5) is 13.7. The van der Waals surface area contributed by atoms with Crippen LogP contribution in [0.1, 0.15) is 16.7 Å². The SMILES string of the molecule is O=C(N/N=C\c1cc(-c2ccccc2)n(-c2ccc(Cl)cc2)c1-c1ccccc1)C(O)(c1ccccc1)c1ccccc1. The first-order chi connectivity index (χ1) is 21.1. The number of rotatable bonds is 8. The Balaban J connectivity index is 1.45. The van der Waals surface area contributed by atoms with E-state index in [4.69, 9.17) is 11.6 Å². The molecule has 1 amide bonds. The Kier molecular flexibility index (Phi) is 8.01. The maximum atomic E-state index is 13.7. The molecule has 1 aromatic heterocycles. The molecule has 0 spiro atoms. The first-order valence-corrected chi connectivity index (χ1v) is 14.2. The maximum Gasteiger partial charge on any atom is 0.281 e. The molecule has 1 heterocycles. The van der Waals surface area contributed by atoms with Crippen LogP contribution in [0.15, 0.2) is 157 Å². The van der Waals surface area contributed by atoms with Crippen LogP contribution in [0.4, 0.5) is 0 Å². The van der Waals surface area contributed by atoms with Crippen LogP contribution in [0, 0.1) is 0 Å². The van der Waals surface area contributed by atoms with Gasteiger partial charge in [-0.3, -0.25) is 4.79 Å². The summed E-state index contributed by atoms with van der Waals surface area (Å²) in [6.07, 6.45) is 1.62. The molecular weight excluding hydrogens is 554 g/mol. The van der Waals surface area contributed by atoms with Gasteiger partial charge in [0.2, 0.25) is 0 Å². The number of nitrogens with one attached hydrogen (secondary N) is 1. The van der Waals surface area contributed by atoms with Crippen molar-refractivity contribution in [2.75, 3.05) is 0 Å². The molecule has 0 saturated carbocycles. The largest absolute Gasteiger partial charge is 0.372 e. The molecule has 0 aliphatic heterocycles. The van der Waals surface area contributed by atoms with Crippen LogP contribution in [0.25, 0.3) is 28.2 Å². The van der Waals surface area contributed by atoms with E-state index in [1.54, 1.807) is 54.7 Å². The van der Waals surface area contributed by atoms with Crippen LogP contribution in [-0.4, -0.2) is 21.8 Å². The number of hydrazone groups is 1. The van der Waals surface area contributed by atoms with E-state index in [1.165, 1.54) is 0 Å². The molecule has 2 N–H and O–H groups in total. The van der Waals surface area contributed by atoms with E-state index in [2.05, 4.69) is 27.2 Å². The molecule has 0 saturated heterocycles. The molecule has 5 nitrogen and oxygen atoms in total. The number of benzene rings is 5. The zero-order valence-electron chi connectivity index (χ0n) is 23.1. The molecule has 0 fully saturated rings. The van der Waals surface area contributed by atoms with E-state index in [0.717, 1.165) is 33.8 Å². The molecule has 210 valence electrons. The minimum absolute atomic E-state index is 0.444. The fraction of sp³-hybridized carbons (Fsp3) is 0.0270. The number of halogens is 1. The topological polar surface area (TPSA) is 66.6 Å². The molecule has 0 aliphatic carbocycles. The van der Waals surface area contributed by atoms with Gasteiger partial charge in [-0.25, -0.2) is 5.43 Å². The van der Waals surface area contributed by atoms with E-state index in [1.807, 2.05) is 91.0 Å². The highest BCUT2D eigenvalue weighted by atomic mass is 35.5. The predicted octanol–water partition coefficient (Wildman–Crippen LogP) is 7.85. The van der Waals surface area contributed by atoms with Gasteiger partial charge in [0, 0.05) is 16.3 Å². The third-order valence-electron chi connectivity index (χ3n) is 7.31. The summed E-state index contributed by atoms with van der Waals surface area (Å²) in [5, 5.41) is 16.8. The number of hydrogen-bond donors (Lipinski definition) is 2. The highest BCUT2D eigenvalue weighted by Gasteiger charge is 2.39. The summed E-state index contributed by atoms with van der Waals surface area (Å²) in [7, 11) is 0. The second-order valence-corrected chi connectivity index (χ2v) is 10.5. The van der Waals surface area contributed by atoms with Crippen LogP contribution >= 0.6 is 11.6 Å². The summed E-state index contributed by atoms with van der Waals surface area (Å²) >= 11 is 6.25. The second kappa shape index (κ2) is 12.3. The van der Waals surface area contributed by atoms with Gasteiger partial charge in [0.25, 0.3) is 5.91 Å². The minimum Gasteiger partial charge on any atom is -0.372 e. The summed E-state index contributed by atoms with van der Waals surface area (Å²) in [5.41, 5.74) is 7.09. The quantitative estimate of drug-likeness (QED) is 0.142. The molecule has 6 heteroatoms. The number of aliphatic hydroxyl groups is 1. The van der Waals surface area contributed by atoms with Crippen LogP contribution in [0.3, 0.4) is 0 Å². The Hall–Kier alpha value is -5.23. The maximum absolute atomic E-state index is 13.7. The lowest BCUT2D eigenvalue weighted by Crippen LogP contribution is -2.43. The van der Waals surface area contributed by atoms with Gasteiger partial charge in [0.1, 0.15) is 0 Å². The highest BCUT2D eigenvalue weighted by Crippen LogP contribution is 2.36. The van der Waals surface area contributed by atoms with E-state index < -0.39 is 11.5 Å². The molecular formula is C37H28ClN3O2. The molecule has 6 rings (SSSR count). The molecule has 0 unspecified atom stereocenters. The van der Waals surface area contributed by atoms with Crippen LogP contribution in [0.2, 0.25) is 5.02 Å². The molecule has 6 aromatic rings. The number of hydrogen-bond acceptors (Lipinski definition) is 3. The summed E-state index contributed by atoms with van der Waals surface area (Å²) in [5.74, 6) is -0.664. The Morgan fingerprint density at radius 3 is 1.72 bits per heavy atom. The van der Waals surface area contributed by atoms with Crippen LogP contribution < -0.4 is 5.43 Å². The van der Waals surface area contributed by atoms with Crippen LogP contribution in [0.5, 0.6) is 0 Å². The lowest BCUT2D eigenvalue weighted by molar-refractivity contribution is -0.136. The lowest BCUT2D eigenvalue weighted by Gasteiger charge is -2.27. The van der Waals surface area contributed by atoms with Crippen molar-refractivity contribution in [3.8, 4) is 28.2 Å². The van der Waals surface area contributed by atoms with Gasteiger partial charge in [-0.05, 0) is 52.6 Å². The standard InChI is InChI=1S/C37H28ClN3O2/c38-32-21-23-33(24-22-32)41-34(27-13-5-1-6-14-27)25-29(35(41)28-15-7-2-8-16-28)26-39-40-36(42)37(43,30-17-9-3-10-18-30)31-19-11-4-12-20-31/h1-26,43H,(H,40,42)/b39-26-. The van der Waals surface area contributed by atoms with Crippen molar-refractivity contribution in [2.24, 2.45) is 5.10 Å². The Morgan fingerprint density at radius 1 is 0.698 bits per heavy atom. The lowest BCUT2D eigenvalue weighted by atomic mass is 9.85. The number of amides is 1. The molecule has 0 atom stereocenters. The van der Waals surface area contributed by atoms with Crippen molar-refractivity contribution in [1.29, 1.82) is 0 Å². The van der Waals surface area contributed by atoms with Crippen molar-refractivity contribution in [3.05, 3.63) is 173 Å². The van der Waals surface area contributed by atoms with Gasteiger partial charge in [0.05, 0.1) is 17.6 Å². The normalized spacial score (nSPS) is 11.5. The first kappa shape index (κ1) is 27.9. The smallest absolute Gasteiger partial charge is 0.281 e. The average molecular weight is 582 g/mol. The molecule has 0 aliphatic rings. The zero-order chi connectivity index (χ0) is 29.6. The molecule has 5 aromatic carbocycles. The van der Waals surface area contributed by atoms with Crippen molar-refractivity contribution >= 4 is 23.7 Å². The molecule has 0 radical (unpaired) electrons. The van der Waals surface area contributed by atoms with E-state index >= 15 is 0 Å². The number of carbonyl (C=O) groups excluding carboxylic acids is 1. The van der Waals surface area contributed by atoms with Gasteiger partial charge < -0.3 is 9.67 Å². The van der Waals surface area contributed by atoms with E-state index in [0.29, 0.717) is 16.1 Å². The van der Waals surface area contributed by atoms with Crippen molar-refractivity contribution < 1.29 is 9.90 Å². The number of nitrogens with zero attached hydrogens (tertiary/aromatic N) is 2. The number of carbonyl (C=O) groups is 1. The minimum atomic E-state index is -1.94. The van der Waals surface area contributed by atoms with Gasteiger partial charge in [-0.15, -0.1) is 0 Å². The summed E-state index contributed by atoms with van der Waals surface area (Å²) in [6, 6.07) is 47.6. The van der Waals surface area contributed by atoms with Gasteiger partial charge >= 0.3 is 0 Å². The summed E-state index contributed by atoms with van der Waals surface area (Å²) < 4.78 is 2.16. The van der Waals surface area contributed by atoms with Crippen molar-refractivity contribution in [3.63, 3.8) is 0 Å². The van der Waals surface area contributed by atoms with E-state index in [9.17, 15) is 9.90 Å². The Morgan fingerprint density at radius 2 is 1.19 bits per heavy atom. The number of aromatic nitrogens is 1. The summed E-state index contributed by atoms with van der Waals surface area (Å²) in [6.45, 7) is 0. The van der Waals surface area contributed by atoms with Crippen LogP contribution in [-0.2, 0) is 10.4 Å². The second-order valence-electron chi connectivity index (χ2n) is 10.0. The fourth-order valence-electron chi connectivity index (χ4n) is 5.23. The van der Waals surface area contributed by atoms with E-state index in [-0.39, 0.29) is 0 Å². The third-order valence-corrected chi connectivity index (χ3v) is 7.57. The highest BCUT2D eigenvalue weighted by molar-refractivity contribution is 6.30. The molecule has 43 heavy (non-hydrogen) atoms. The van der Waals surface area contributed by atoms with Crippen molar-refractivity contribution in [1.82, 2.24) is 9.99 Å². The van der Waals surface area contributed by atoms with Gasteiger partial charge in [-0.2, -0.15) is 5.10 Å². The Labute approximate surface area is 255 Å². The van der Waals surface area contributed by atoms with Gasteiger partial charge in [0.15, 0.2) is 5.60 Å². The third kappa shape index (κ3) is 5.64. The first-order valence-electron chi connectivity index (χ1n) is 13.8. The fourth-order valence-corrected chi connectivity index (χ4v) is 5.35. The van der Waals surface area contributed by atoms with Crippen molar-refractivity contribution in [2.45, 2.75) is 5.60 Å². The Bertz CT molecular complexity index is 1810. The predicted molar refractivity (Wildman–Crippen MR) is 173 cm³/mol. The van der Waals surface area contributed by atoms with Gasteiger partial charge in [-0.1, -0.05) is 133 Å². The zero-order valence-corrected chi connectivity index (χ0v) is 23.9. The average Bonchev–Trinajstić information content (AvgIpc) is 3.45.